The van der Waals surface area contributed by atoms with Gasteiger partial charge in [-0.15, -0.1) is 0 Å². The van der Waals surface area contributed by atoms with Crippen molar-refractivity contribution in [2.45, 2.75) is 83.6 Å². The monoisotopic (exact) mass is 582 g/mol. The highest BCUT2D eigenvalue weighted by atomic mass is 35.5. The smallest absolute Gasteiger partial charge is 0.306 e. The number of hydrogen-bond acceptors (Lipinski definition) is 7. The number of rotatable bonds is 4. The number of halogens is 1. The van der Waals surface area contributed by atoms with Gasteiger partial charge in [0, 0.05) is 21.3 Å². The lowest BCUT2D eigenvalue weighted by Crippen LogP contribution is -2.66. The molecule has 1 aromatic carbocycles. The van der Waals surface area contributed by atoms with Crippen LogP contribution in [0.5, 0.6) is 0 Å². The Morgan fingerprint density at radius 3 is 2.32 bits per heavy atom. The van der Waals surface area contributed by atoms with Crippen LogP contribution in [-0.4, -0.2) is 38.5 Å². The predicted octanol–water partition coefficient (Wildman–Crippen LogP) is 6.51. The summed E-state index contributed by atoms with van der Waals surface area (Å²) >= 11 is 7.30. The minimum atomic E-state index is -3.56. The molecule has 1 aliphatic heterocycles. The van der Waals surface area contributed by atoms with Gasteiger partial charge in [0.2, 0.25) is 0 Å². The van der Waals surface area contributed by atoms with E-state index >= 15 is 0 Å². The van der Waals surface area contributed by atoms with E-state index in [-0.39, 0.29) is 51.7 Å². The number of carbonyl (C=O) groups is 2. The first-order chi connectivity index (χ1) is 17.6. The number of thioether (sulfide) groups is 1. The molecular weight excluding hydrogens is 544 g/mol. The molecule has 0 bridgehead atoms. The Kier molecular flexibility index (Phi) is 7.10. The van der Waals surface area contributed by atoms with Crippen molar-refractivity contribution in [2.75, 3.05) is 12.9 Å². The van der Waals surface area contributed by atoms with E-state index in [4.69, 9.17) is 20.5 Å². The first kappa shape index (κ1) is 28.4. The summed E-state index contributed by atoms with van der Waals surface area (Å²) in [5.41, 5.74) is -1.15. The van der Waals surface area contributed by atoms with Crippen LogP contribution < -0.4 is 0 Å². The zero-order chi connectivity index (χ0) is 27.7. The third-order valence-electron chi connectivity index (χ3n) is 11.1. The maximum atomic E-state index is 13.9. The van der Waals surface area contributed by atoms with Gasteiger partial charge >= 0.3 is 5.97 Å². The molecular formula is C29H39ClO6S2. The number of benzene rings is 1. The maximum absolute atomic E-state index is 13.9. The Bertz CT molecular complexity index is 1230. The Hall–Kier alpha value is -1.09. The average molecular weight is 583 g/mol. The summed E-state index contributed by atoms with van der Waals surface area (Å²) in [5.74, 6) is 0.0959. The fourth-order valence-corrected chi connectivity index (χ4v) is 11.2. The lowest BCUT2D eigenvalue weighted by atomic mass is 9.35. The van der Waals surface area contributed by atoms with Crippen LogP contribution in [0.2, 0.25) is 5.02 Å². The molecule has 0 aromatic heterocycles. The second kappa shape index (κ2) is 9.49. The van der Waals surface area contributed by atoms with E-state index in [0.717, 1.165) is 43.3 Å². The van der Waals surface area contributed by atoms with Crippen molar-refractivity contribution in [3.05, 3.63) is 29.3 Å². The van der Waals surface area contributed by atoms with Gasteiger partial charge in [-0.1, -0.05) is 51.1 Å². The first-order valence-electron chi connectivity index (χ1n) is 13.6. The summed E-state index contributed by atoms with van der Waals surface area (Å²) in [7, 11) is -3.56. The molecule has 0 radical (unpaired) electrons. The van der Waals surface area contributed by atoms with Crippen LogP contribution >= 0.6 is 23.4 Å². The summed E-state index contributed by atoms with van der Waals surface area (Å²) in [6.07, 6.45) is 6.02. The van der Waals surface area contributed by atoms with Crippen LogP contribution in [0.1, 0.15) is 72.6 Å². The van der Waals surface area contributed by atoms with Crippen LogP contribution in [0.4, 0.5) is 0 Å². The van der Waals surface area contributed by atoms with Crippen LogP contribution in [0, 0.1) is 39.4 Å². The summed E-state index contributed by atoms with van der Waals surface area (Å²) in [4.78, 5) is 27.4. The van der Waals surface area contributed by atoms with Gasteiger partial charge in [-0.25, -0.2) is 0 Å². The van der Waals surface area contributed by atoms with Crippen LogP contribution in [0.3, 0.4) is 0 Å². The van der Waals surface area contributed by atoms with E-state index in [1.54, 1.807) is 12.1 Å². The van der Waals surface area contributed by atoms with Gasteiger partial charge in [-0.3, -0.25) is 13.8 Å². The van der Waals surface area contributed by atoms with Crippen molar-refractivity contribution in [1.29, 1.82) is 0 Å². The van der Waals surface area contributed by atoms with Crippen molar-refractivity contribution >= 4 is 44.6 Å². The molecule has 0 amide bonds. The highest BCUT2D eigenvalue weighted by molar-refractivity contribution is 8.13. The number of ether oxygens (including phenoxy) is 1. The first-order valence-corrected chi connectivity index (χ1v) is 16.6. The van der Waals surface area contributed by atoms with Gasteiger partial charge in [0.05, 0.1) is 25.4 Å². The largest absolute Gasteiger partial charge is 0.465 e. The molecule has 1 unspecified atom stereocenters. The third-order valence-corrected chi connectivity index (χ3v) is 12.9. The Morgan fingerprint density at radius 1 is 1.03 bits per heavy atom. The topological polar surface area (TPSA) is 86.7 Å². The number of hydrogen-bond donors (Lipinski definition) is 0. The molecule has 1 spiro atoms. The third kappa shape index (κ3) is 4.46. The highest BCUT2D eigenvalue weighted by Crippen LogP contribution is 2.74. The van der Waals surface area contributed by atoms with Crippen LogP contribution in [0.15, 0.2) is 29.2 Å². The summed E-state index contributed by atoms with van der Waals surface area (Å²) in [6.45, 7) is 9.28. The molecule has 4 aliphatic rings. The second-order valence-corrected chi connectivity index (χ2v) is 16.3. The minimum Gasteiger partial charge on any atom is -0.465 e. The lowest BCUT2D eigenvalue weighted by Gasteiger charge is -2.69. The number of fused-ring (bicyclic) bond motifs is 4. The molecule has 0 N–H and O–H groups in total. The zero-order valence-corrected chi connectivity index (χ0v) is 25.3. The Balaban J connectivity index is 1.48. The zero-order valence-electron chi connectivity index (χ0n) is 22.9. The molecule has 5 rings (SSSR count). The second-order valence-electron chi connectivity index (χ2n) is 13.2. The van der Waals surface area contributed by atoms with E-state index in [1.165, 1.54) is 11.8 Å². The Morgan fingerprint density at radius 2 is 1.71 bits per heavy atom. The van der Waals surface area contributed by atoms with Gasteiger partial charge in [0.15, 0.2) is 5.12 Å². The lowest BCUT2D eigenvalue weighted by molar-refractivity contribution is -0.222. The van der Waals surface area contributed by atoms with Crippen LogP contribution in [-0.2, 0) is 28.6 Å². The Labute approximate surface area is 236 Å². The summed E-state index contributed by atoms with van der Waals surface area (Å²) in [6, 6.07) is 7.32. The predicted molar refractivity (Wildman–Crippen MR) is 148 cm³/mol. The van der Waals surface area contributed by atoms with Crippen molar-refractivity contribution < 1.29 is 26.9 Å². The number of cyclic esters (lactones) is 1. The molecule has 4 fully saturated rings. The fraction of sp³-hybridized carbons (Fsp3) is 0.724. The molecule has 3 aliphatic carbocycles. The van der Waals surface area contributed by atoms with E-state index in [2.05, 4.69) is 27.7 Å². The molecule has 38 heavy (non-hydrogen) atoms. The highest BCUT2D eigenvalue weighted by Gasteiger charge is 2.71. The standard InChI is InChI=1S/C29H39ClO6S2/c1-26(2)21-12-15-28(4)22(27(21,3)14-13-23(26)36-38(5,33)34)11-10-20(29(28)16-24(31)35-17-29)25(32)37-19-8-6-18(30)7-9-19/h6-9,20-23H,10-17H2,1-5H3/t20-,21?,22-,23+,27+,28-,29+/m1/s1. The SMILES string of the molecule is CC1(C)C2CC[C@]3(C)[C@H](CC[C@H](C(=O)Sc4ccc(Cl)cc4)[C@]34COC(=O)C4)[C@@]2(C)CC[C@@H]1OS(C)(=O)=O. The molecule has 9 heteroatoms. The molecule has 3 saturated carbocycles. The minimum absolute atomic E-state index is 0.0517. The van der Waals surface area contributed by atoms with Crippen molar-refractivity contribution in [1.82, 2.24) is 0 Å². The summed E-state index contributed by atoms with van der Waals surface area (Å²) < 4.78 is 35.4. The molecule has 210 valence electrons. The molecule has 1 aromatic rings. The number of esters is 1. The molecule has 6 nitrogen and oxygen atoms in total. The van der Waals surface area contributed by atoms with Gasteiger partial charge in [-0.05, 0) is 90.9 Å². The normalized spacial score (nSPS) is 40.3. The van der Waals surface area contributed by atoms with E-state index in [0.29, 0.717) is 24.0 Å². The number of carbonyl (C=O) groups excluding carboxylic acids is 2. The van der Waals surface area contributed by atoms with Crippen LogP contribution in [0.25, 0.3) is 0 Å². The molecule has 1 saturated heterocycles. The summed E-state index contributed by atoms with van der Waals surface area (Å²) in [5, 5.41) is 0.730. The average Bonchev–Trinajstić information content (AvgIpc) is 3.20. The van der Waals surface area contributed by atoms with E-state index in [1.807, 2.05) is 12.1 Å². The van der Waals surface area contributed by atoms with Gasteiger partial charge < -0.3 is 4.74 Å². The molecule has 7 atom stereocenters. The molecule has 1 heterocycles. The van der Waals surface area contributed by atoms with Gasteiger partial charge in [0.25, 0.3) is 10.1 Å². The van der Waals surface area contributed by atoms with E-state index in [9.17, 15) is 18.0 Å². The quantitative estimate of drug-likeness (QED) is 0.227. The maximum Gasteiger partial charge on any atom is 0.306 e. The van der Waals surface area contributed by atoms with Gasteiger partial charge in [-0.2, -0.15) is 8.42 Å². The van der Waals surface area contributed by atoms with Crippen molar-refractivity contribution in [2.24, 2.45) is 39.4 Å². The van der Waals surface area contributed by atoms with E-state index < -0.39 is 15.5 Å². The van der Waals surface area contributed by atoms with Gasteiger partial charge in [0.1, 0.15) is 0 Å². The van der Waals surface area contributed by atoms with Crippen molar-refractivity contribution in [3.8, 4) is 0 Å². The fourth-order valence-electron chi connectivity index (χ4n) is 9.36. The van der Waals surface area contributed by atoms with Crippen molar-refractivity contribution in [3.63, 3.8) is 0 Å².